The van der Waals surface area contributed by atoms with Crippen LogP contribution in [0.1, 0.15) is 11.1 Å². The molecule has 2 aromatic carbocycles. The van der Waals surface area contributed by atoms with Crippen molar-refractivity contribution in [3.8, 4) is 0 Å². The van der Waals surface area contributed by atoms with E-state index >= 15 is 0 Å². The summed E-state index contributed by atoms with van der Waals surface area (Å²) in [6.45, 7) is 3.41. The Balaban J connectivity index is 2.04. The van der Waals surface area contributed by atoms with Crippen LogP contribution in [-0.2, 0) is 11.2 Å². The lowest BCUT2D eigenvalue weighted by atomic mass is 10.0. The summed E-state index contributed by atoms with van der Waals surface area (Å²) in [7, 11) is 0. The van der Waals surface area contributed by atoms with Crippen LogP contribution >= 0.6 is 0 Å². The standard InChI is InChI=1S/C16H16N2O/c1-2-16(19)18-15-9-5-13(6-10-15)11-12-3-7-14(17)8-4-12/h2-10H,1,11,17H2,(H,18,19). The number of hydrogen-bond acceptors (Lipinski definition) is 2. The summed E-state index contributed by atoms with van der Waals surface area (Å²) in [5.74, 6) is -0.203. The van der Waals surface area contributed by atoms with Crippen molar-refractivity contribution in [1.82, 2.24) is 0 Å². The van der Waals surface area contributed by atoms with E-state index in [0.29, 0.717) is 0 Å². The summed E-state index contributed by atoms with van der Waals surface area (Å²) in [4.78, 5) is 11.1. The monoisotopic (exact) mass is 252 g/mol. The maximum Gasteiger partial charge on any atom is 0.247 e. The molecule has 3 heteroatoms. The lowest BCUT2D eigenvalue weighted by molar-refractivity contribution is -0.111. The Morgan fingerprint density at radius 3 is 2.11 bits per heavy atom. The zero-order chi connectivity index (χ0) is 13.7. The summed E-state index contributed by atoms with van der Waals surface area (Å²) in [6.07, 6.45) is 2.10. The summed E-state index contributed by atoms with van der Waals surface area (Å²) in [5.41, 5.74) is 9.58. The number of benzene rings is 2. The van der Waals surface area contributed by atoms with Gasteiger partial charge < -0.3 is 11.1 Å². The van der Waals surface area contributed by atoms with Crippen LogP contribution in [0.15, 0.2) is 61.2 Å². The first-order valence-corrected chi connectivity index (χ1v) is 6.04. The highest BCUT2D eigenvalue weighted by atomic mass is 16.1. The molecule has 0 radical (unpaired) electrons. The molecule has 0 aromatic heterocycles. The van der Waals surface area contributed by atoms with Crippen LogP contribution in [0.2, 0.25) is 0 Å². The van der Waals surface area contributed by atoms with Crippen molar-refractivity contribution in [2.24, 2.45) is 0 Å². The van der Waals surface area contributed by atoms with Crippen LogP contribution in [0.3, 0.4) is 0 Å². The van der Waals surface area contributed by atoms with E-state index in [9.17, 15) is 4.79 Å². The van der Waals surface area contributed by atoms with Gasteiger partial charge in [0.05, 0.1) is 0 Å². The summed E-state index contributed by atoms with van der Waals surface area (Å²) < 4.78 is 0. The normalized spacial score (nSPS) is 9.89. The Labute approximate surface area is 112 Å². The molecule has 19 heavy (non-hydrogen) atoms. The average Bonchev–Trinajstić information content (AvgIpc) is 2.43. The molecular weight excluding hydrogens is 236 g/mol. The molecule has 3 nitrogen and oxygen atoms in total. The first-order chi connectivity index (χ1) is 9.17. The molecule has 0 aliphatic rings. The molecule has 3 N–H and O–H groups in total. The lowest BCUT2D eigenvalue weighted by Crippen LogP contribution is -2.06. The number of anilines is 2. The largest absolute Gasteiger partial charge is 0.399 e. The third-order valence-corrected chi connectivity index (χ3v) is 2.79. The van der Waals surface area contributed by atoms with E-state index in [1.54, 1.807) is 0 Å². The Kier molecular flexibility index (Phi) is 3.98. The van der Waals surface area contributed by atoms with Crippen molar-refractivity contribution in [2.45, 2.75) is 6.42 Å². The topological polar surface area (TPSA) is 55.1 Å². The highest BCUT2D eigenvalue weighted by Gasteiger charge is 1.99. The highest BCUT2D eigenvalue weighted by molar-refractivity contribution is 5.98. The maximum absolute atomic E-state index is 11.1. The number of nitrogen functional groups attached to an aromatic ring is 1. The van der Waals surface area contributed by atoms with Gasteiger partial charge in [-0.25, -0.2) is 0 Å². The van der Waals surface area contributed by atoms with Gasteiger partial charge in [-0.3, -0.25) is 4.79 Å². The fourth-order valence-electron chi connectivity index (χ4n) is 1.77. The van der Waals surface area contributed by atoms with Crippen LogP contribution in [0.25, 0.3) is 0 Å². The van der Waals surface area contributed by atoms with Gasteiger partial charge in [-0.1, -0.05) is 30.8 Å². The summed E-state index contributed by atoms with van der Waals surface area (Å²) >= 11 is 0. The number of amides is 1. The molecule has 2 rings (SSSR count). The number of nitrogens with one attached hydrogen (secondary N) is 1. The minimum absolute atomic E-state index is 0.203. The fourth-order valence-corrected chi connectivity index (χ4v) is 1.77. The number of nitrogens with two attached hydrogens (primary N) is 1. The van der Waals surface area contributed by atoms with Crippen LogP contribution in [-0.4, -0.2) is 5.91 Å². The van der Waals surface area contributed by atoms with Gasteiger partial charge in [-0.2, -0.15) is 0 Å². The molecule has 0 unspecified atom stereocenters. The molecule has 96 valence electrons. The molecular formula is C16H16N2O. The van der Waals surface area contributed by atoms with E-state index in [2.05, 4.69) is 11.9 Å². The van der Waals surface area contributed by atoms with Crippen LogP contribution in [0.5, 0.6) is 0 Å². The average molecular weight is 252 g/mol. The number of carbonyl (C=O) groups excluding carboxylic acids is 1. The van der Waals surface area contributed by atoms with Gasteiger partial charge in [0.25, 0.3) is 0 Å². The van der Waals surface area contributed by atoms with Crippen molar-refractivity contribution in [1.29, 1.82) is 0 Å². The van der Waals surface area contributed by atoms with Crippen molar-refractivity contribution in [3.63, 3.8) is 0 Å². The number of rotatable bonds is 4. The molecule has 0 aliphatic heterocycles. The quantitative estimate of drug-likeness (QED) is 0.649. The second kappa shape index (κ2) is 5.87. The van der Waals surface area contributed by atoms with E-state index in [4.69, 9.17) is 5.73 Å². The van der Waals surface area contributed by atoms with Gasteiger partial charge in [0.1, 0.15) is 0 Å². The van der Waals surface area contributed by atoms with Gasteiger partial charge in [0, 0.05) is 11.4 Å². The van der Waals surface area contributed by atoms with Crippen LogP contribution in [0.4, 0.5) is 11.4 Å². The highest BCUT2D eigenvalue weighted by Crippen LogP contribution is 2.14. The molecule has 0 fully saturated rings. The first-order valence-electron chi connectivity index (χ1n) is 6.04. The Bertz CT molecular complexity index is 571. The van der Waals surface area contributed by atoms with E-state index < -0.39 is 0 Å². The molecule has 0 atom stereocenters. The predicted octanol–water partition coefficient (Wildman–Crippen LogP) is 2.98. The summed E-state index contributed by atoms with van der Waals surface area (Å²) in [5, 5.41) is 2.72. The molecule has 0 saturated carbocycles. The minimum atomic E-state index is -0.203. The van der Waals surface area contributed by atoms with E-state index in [1.807, 2.05) is 48.5 Å². The second-order valence-corrected chi connectivity index (χ2v) is 4.31. The number of carbonyl (C=O) groups is 1. The zero-order valence-corrected chi connectivity index (χ0v) is 10.6. The van der Waals surface area contributed by atoms with Gasteiger partial charge in [-0.15, -0.1) is 0 Å². The van der Waals surface area contributed by atoms with Gasteiger partial charge in [-0.05, 0) is 47.9 Å². The van der Waals surface area contributed by atoms with Crippen LogP contribution in [0, 0.1) is 0 Å². The Morgan fingerprint density at radius 1 is 1.05 bits per heavy atom. The van der Waals surface area contributed by atoms with Gasteiger partial charge in [0.2, 0.25) is 5.91 Å². The fraction of sp³-hybridized carbons (Fsp3) is 0.0625. The van der Waals surface area contributed by atoms with E-state index in [1.165, 1.54) is 17.2 Å². The van der Waals surface area contributed by atoms with Gasteiger partial charge in [0.15, 0.2) is 0 Å². The third kappa shape index (κ3) is 3.71. The molecule has 0 bridgehead atoms. The van der Waals surface area contributed by atoms with Crippen LogP contribution < -0.4 is 11.1 Å². The van der Waals surface area contributed by atoms with E-state index in [0.717, 1.165) is 17.8 Å². The smallest absolute Gasteiger partial charge is 0.247 e. The molecule has 0 aliphatic carbocycles. The van der Waals surface area contributed by atoms with Gasteiger partial charge >= 0.3 is 0 Å². The van der Waals surface area contributed by atoms with Crippen molar-refractivity contribution in [2.75, 3.05) is 11.1 Å². The molecule has 2 aromatic rings. The third-order valence-electron chi connectivity index (χ3n) is 2.79. The Morgan fingerprint density at radius 2 is 1.58 bits per heavy atom. The number of hydrogen-bond donors (Lipinski definition) is 2. The van der Waals surface area contributed by atoms with Crippen molar-refractivity contribution in [3.05, 3.63) is 72.3 Å². The minimum Gasteiger partial charge on any atom is -0.399 e. The molecule has 0 saturated heterocycles. The summed E-state index contributed by atoms with van der Waals surface area (Å²) in [6, 6.07) is 15.6. The zero-order valence-electron chi connectivity index (χ0n) is 10.6. The van der Waals surface area contributed by atoms with E-state index in [-0.39, 0.29) is 5.91 Å². The Hall–Kier alpha value is -2.55. The van der Waals surface area contributed by atoms with Crippen molar-refractivity contribution >= 4 is 17.3 Å². The maximum atomic E-state index is 11.1. The molecule has 1 amide bonds. The lowest BCUT2D eigenvalue weighted by Gasteiger charge is -2.05. The second-order valence-electron chi connectivity index (χ2n) is 4.31. The molecule has 0 heterocycles. The molecule has 0 spiro atoms. The predicted molar refractivity (Wildman–Crippen MR) is 78.9 cm³/mol. The van der Waals surface area contributed by atoms with Crippen molar-refractivity contribution < 1.29 is 4.79 Å². The first kappa shape index (κ1) is 12.9. The SMILES string of the molecule is C=CC(=O)Nc1ccc(Cc2ccc(N)cc2)cc1.